The van der Waals surface area contributed by atoms with E-state index in [1.54, 1.807) is 35.7 Å². The number of nitrogens with one attached hydrogen (secondary N) is 1. The quantitative estimate of drug-likeness (QED) is 0.606. The Balaban J connectivity index is 1.60. The lowest BCUT2D eigenvalue weighted by Gasteiger charge is -2.05. The molecule has 0 aliphatic heterocycles. The third-order valence-corrected chi connectivity index (χ3v) is 5.30. The number of carbonyl (C=O) groups is 2. The molecule has 0 bridgehead atoms. The van der Waals surface area contributed by atoms with Gasteiger partial charge in [0.05, 0.1) is 27.7 Å². The van der Waals surface area contributed by atoms with Gasteiger partial charge in [-0.1, -0.05) is 41.4 Å². The lowest BCUT2D eigenvalue weighted by molar-refractivity contribution is -0.120. The van der Waals surface area contributed by atoms with E-state index in [9.17, 15) is 9.59 Å². The molecule has 2 N–H and O–H groups in total. The Bertz CT molecular complexity index is 967. The van der Waals surface area contributed by atoms with Crippen molar-refractivity contribution in [3.63, 3.8) is 0 Å². The second-order valence-corrected chi connectivity index (χ2v) is 7.37. The van der Waals surface area contributed by atoms with Crippen LogP contribution in [0.3, 0.4) is 0 Å². The number of aromatic carboxylic acids is 1. The molecule has 0 radical (unpaired) electrons. The monoisotopic (exact) mass is 420 g/mol. The molecule has 0 unspecified atom stereocenters. The van der Waals surface area contributed by atoms with Gasteiger partial charge in [-0.15, -0.1) is 11.3 Å². The molecule has 0 atom stereocenters. The van der Waals surface area contributed by atoms with Gasteiger partial charge in [-0.05, 0) is 29.8 Å². The Morgan fingerprint density at radius 3 is 2.37 bits per heavy atom. The first kappa shape index (κ1) is 19.4. The molecule has 0 saturated carbocycles. The summed E-state index contributed by atoms with van der Waals surface area (Å²) >= 11 is 13.8. The normalized spacial score (nSPS) is 10.6. The van der Waals surface area contributed by atoms with E-state index in [1.807, 2.05) is 0 Å². The molecule has 0 fully saturated rings. The number of carboxylic acid groups (broad SMARTS) is 1. The van der Waals surface area contributed by atoms with Gasteiger partial charge < -0.3 is 10.4 Å². The standard InChI is InChI=1S/C19H14Cl2N2O3S/c20-14-2-1-3-15(21)17(14)18-23-13(10-27-18)8-16(24)22-9-11-4-6-12(7-5-11)19(25)26/h1-7,10H,8-9H2,(H,22,24)(H,25,26). The zero-order chi connectivity index (χ0) is 19.4. The fourth-order valence-electron chi connectivity index (χ4n) is 2.40. The van der Waals surface area contributed by atoms with Crippen LogP contribution in [-0.4, -0.2) is 22.0 Å². The summed E-state index contributed by atoms with van der Waals surface area (Å²) in [6.45, 7) is 0.312. The van der Waals surface area contributed by atoms with Gasteiger partial charge in [-0.2, -0.15) is 0 Å². The van der Waals surface area contributed by atoms with E-state index in [1.165, 1.54) is 23.5 Å². The predicted octanol–water partition coefficient (Wildman–Crippen LogP) is 4.67. The van der Waals surface area contributed by atoms with Gasteiger partial charge in [0.25, 0.3) is 0 Å². The number of thiazole rings is 1. The molecule has 3 aromatic rings. The van der Waals surface area contributed by atoms with Crippen molar-refractivity contribution in [2.45, 2.75) is 13.0 Å². The van der Waals surface area contributed by atoms with E-state index in [4.69, 9.17) is 28.3 Å². The Hall–Kier alpha value is -2.41. The lowest BCUT2D eigenvalue weighted by Crippen LogP contribution is -2.24. The van der Waals surface area contributed by atoms with E-state index < -0.39 is 5.97 Å². The molecule has 8 heteroatoms. The van der Waals surface area contributed by atoms with Crippen LogP contribution < -0.4 is 5.32 Å². The summed E-state index contributed by atoms with van der Waals surface area (Å²) < 4.78 is 0. The fraction of sp³-hybridized carbons (Fsp3) is 0.105. The van der Waals surface area contributed by atoms with E-state index in [2.05, 4.69) is 10.3 Å². The number of carboxylic acids is 1. The first-order valence-electron chi connectivity index (χ1n) is 7.92. The molecule has 0 aliphatic carbocycles. The number of amides is 1. The van der Waals surface area contributed by atoms with E-state index in [0.29, 0.717) is 32.9 Å². The minimum absolute atomic E-state index is 0.131. The van der Waals surface area contributed by atoms with Crippen LogP contribution in [0.15, 0.2) is 47.8 Å². The first-order valence-corrected chi connectivity index (χ1v) is 9.55. The molecule has 1 heterocycles. The van der Waals surface area contributed by atoms with Gasteiger partial charge in [0.1, 0.15) is 5.01 Å². The molecule has 0 aliphatic rings. The van der Waals surface area contributed by atoms with Gasteiger partial charge in [-0.3, -0.25) is 4.79 Å². The third kappa shape index (κ3) is 4.86. The second kappa shape index (κ2) is 8.52. The SMILES string of the molecule is O=C(Cc1csc(-c2c(Cl)cccc2Cl)n1)NCc1ccc(C(=O)O)cc1. The minimum atomic E-state index is -0.983. The first-order chi connectivity index (χ1) is 12.9. The van der Waals surface area contributed by atoms with Gasteiger partial charge >= 0.3 is 5.97 Å². The van der Waals surface area contributed by atoms with Crippen molar-refractivity contribution in [2.75, 3.05) is 0 Å². The van der Waals surface area contributed by atoms with Crippen molar-refractivity contribution < 1.29 is 14.7 Å². The predicted molar refractivity (Wildman–Crippen MR) is 107 cm³/mol. The summed E-state index contributed by atoms with van der Waals surface area (Å²) in [6.07, 6.45) is 0.131. The second-order valence-electron chi connectivity index (χ2n) is 5.70. The zero-order valence-electron chi connectivity index (χ0n) is 13.9. The van der Waals surface area contributed by atoms with Gasteiger partial charge in [0, 0.05) is 17.5 Å². The molecule has 2 aromatic carbocycles. The minimum Gasteiger partial charge on any atom is -0.478 e. The van der Waals surface area contributed by atoms with Crippen molar-refractivity contribution in [3.05, 3.63) is 74.7 Å². The number of aromatic nitrogens is 1. The van der Waals surface area contributed by atoms with Crippen LogP contribution >= 0.6 is 34.5 Å². The maximum atomic E-state index is 12.1. The summed E-state index contributed by atoms with van der Waals surface area (Å²) in [5.74, 6) is -1.16. The van der Waals surface area contributed by atoms with Crippen LogP contribution in [0.2, 0.25) is 10.0 Å². The van der Waals surface area contributed by atoms with Crippen LogP contribution in [-0.2, 0) is 17.8 Å². The van der Waals surface area contributed by atoms with E-state index >= 15 is 0 Å². The molecular formula is C19H14Cl2N2O3S. The Labute approximate surface area is 169 Å². The summed E-state index contributed by atoms with van der Waals surface area (Å²) in [5.41, 5.74) is 2.31. The number of hydrogen-bond donors (Lipinski definition) is 2. The summed E-state index contributed by atoms with van der Waals surface area (Å²) in [4.78, 5) is 27.4. The van der Waals surface area contributed by atoms with E-state index in [-0.39, 0.29) is 17.9 Å². The highest BCUT2D eigenvalue weighted by molar-refractivity contribution is 7.13. The number of benzene rings is 2. The maximum Gasteiger partial charge on any atom is 0.335 e. The fourth-order valence-corrected chi connectivity index (χ4v) is 3.98. The molecule has 1 aromatic heterocycles. The average molecular weight is 421 g/mol. The molecule has 0 saturated heterocycles. The topological polar surface area (TPSA) is 79.3 Å². The van der Waals surface area contributed by atoms with E-state index in [0.717, 1.165) is 5.56 Å². The average Bonchev–Trinajstić information content (AvgIpc) is 3.08. The van der Waals surface area contributed by atoms with Gasteiger partial charge in [0.15, 0.2) is 0 Å². The van der Waals surface area contributed by atoms with Crippen LogP contribution in [0.25, 0.3) is 10.6 Å². The van der Waals surface area contributed by atoms with Crippen LogP contribution in [0, 0.1) is 0 Å². The summed E-state index contributed by atoms with van der Waals surface area (Å²) in [7, 11) is 0. The molecule has 138 valence electrons. The molecule has 27 heavy (non-hydrogen) atoms. The highest BCUT2D eigenvalue weighted by Crippen LogP contribution is 2.36. The number of nitrogens with zero attached hydrogens (tertiary/aromatic N) is 1. The van der Waals surface area contributed by atoms with Crippen molar-refractivity contribution in [3.8, 4) is 10.6 Å². The van der Waals surface area contributed by atoms with Crippen LogP contribution in [0.4, 0.5) is 0 Å². The van der Waals surface area contributed by atoms with Crippen LogP contribution in [0.5, 0.6) is 0 Å². The Kier molecular flexibility index (Phi) is 6.11. The molecular weight excluding hydrogens is 407 g/mol. The van der Waals surface area contributed by atoms with Gasteiger partial charge in [-0.25, -0.2) is 9.78 Å². The van der Waals surface area contributed by atoms with Crippen molar-refractivity contribution >= 4 is 46.4 Å². The lowest BCUT2D eigenvalue weighted by atomic mass is 10.1. The number of halogens is 2. The largest absolute Gasteiger partial charge is 0.478 e. The van der Waals surface area contributed by atoms with Gasteiger partial charge in [0.2, 0.25) is 5.91 Å². The smallest absolute Gasteiger partial charge is 0.335 e. The number of carbonyl (C=O) groups excluding carboxylic acids is 1. The maximum absolute atomic E-state index is 12.1. The van der Waals surface area contributed by atoms with Crippen molar-refractivity contribution in [1.29, 1.82) is 0 Å². The Morgan fingerprint density at radius 2 is 1.74 bits per heavy atom. The van der Waals surface area contributed by atoms with Crippen molar-refractivity contribution in [1.82, 2.24) is 10.3 Å². The van der Waals surface area contributed by atoms with Crippen LogP contribution in [0.1, 0.15) is 21.6 Å². The third-order valence-electron chi connectivity index (χ3n) is 3.76. The summed E-state index contributed by atoms with van der Waals surface area (Å²) in [6, 6.07) is 11.6. The zero-order valence-corrected chi connectivity index (χ0v) is 16.2. The Morgan fingerprint density at radius 1 is 1.07 bits per heavy atom. The summed E-state index contributed by atoms with van der Waals surface area (Å²) in [5, 5.41) is 15.2. The highest BCUT2D eigenvalue weighted by Gasteiger charge is 2.14. The molecule has 0 spiro atoms. The van der Waals surface area contributed by atoms with Crippen molar-refractivity contribution in [2.24, 2.45) is 0 Å². The number of rotatable bonds is 6. The molecule has 3 rings (SSSR count). The highest BCUT2D eigenvalue weighted by atomic mass is 35.5. The number of hydrogen-bond acceptors (Lipinski definition) is 4. The molecule has 1 amide bonds. The molecule has 5 nitrogen and oxygen atoms in total.